The molecule has 2 aromatic carbocycles. The average molecular weight is 549 g/mol. The maximum Gasteiger partial charge on any atom is 0.433 e. The fourth-order valence-corrected chi connectivity index (χ4v) is 3.89. The van der Waals surface area contributed by atoms with Gasteiger partial charge in [-0.25, -0.2) is 13.9 Å². The van der Waals surface area contributed by atoms with Gasteiger partial charge in [-0.1, -0.05) is 47.5 Å². The molecule has 37 heavy (non-hydrogen) atoms. The molecule has 0 unspecified atom stereocenters. The number of fused-ring (bicyclic) bond motifs is 1. The summed E-state index contributed by atoms with van der Waals surface area (Å²) in [6, 6.07) is 13.9. The van der Waals surface area contributed by atoms with Crippen LogP contribution < -0.4 is 5.32 Å². The highest BCUT2D eigenvalue weighted by Crippen LogP contribution is 2.33. The van der Waals surface area contributed by atoms with Gasteiger partial charge in [-0.05, 0) is 35.9 Å². The fraction of sp³-hybridized carbons (Fsp3) is 0.0833. The number of alkyl halides is 3. The van der Waals surface area contributed by atoms with Crippen molar-refractivity contribution in [2.75, 3.05) is 5.32 Å². The minimum absolute atomic E-state index is 0.0170. The van der Waals surface area contributed by atoms with E-state index >= 15 is 0 Å². The molecule has 13 heteroatoms. The zero-order chi connectivity index (χ0) is 26.3. The summed E-state index contributed by atoms with van der Waals surface area (Å²) in [7, 11) is 0. The molecule has 1 amide bonds. The van der Waals surface area contributed by atoms with Crippen molar-refractivity contribution in [3.05, 3.63) is 99.7 Å². The van der Waals surface area contributed by atoms with E-state index in [1.165, 1.54) is 47.3 Å². The molecular formula is C24H14Cl2F4N6O. The topological polar surface area (TPSA) is 77.1 Å². The maximum atomic E-state index is 13.8. The molecule has 1 N–H and O–H groups in total. The van der Waals surface area contributed by atoms with Gasteiger partial charge in [0.15, 0.2) is 22.9 Å². The van der Waals surface area contributed by atoms with Gasteiger partial charge < -0.3 is 5.32 Å². The van der Waals surface area contributed by atoms with Crippen LogP contribution in [0.3, 0.4) is 0 Å². The van der Waals surface area contributed by atoms with Gasteiger partial charge in [0.1, 0.15) is 10.8 Å². The molecule has 0 aliphatic carbocycles. The normalized spacial score (nSPS) is 11.7. The van der Waals surface area contributed by atoms with Crippen LogP contribution in [0.5, 0.6) is 0 Å². The molecule has 0 aliphatic rings. The van der Waals surface area contributed by atoms with E-state index in [0.717, 1.165) is 17.7 Å². The van der Waals surface area contributed by atoms with E-state index in [9.17, 15) is 22.4 Å². The molecule has 3 heterocycles. The van der Waals surface area contributed by atoms with Crippen LogP contribution in [0, 0.1) is 5.82 Å². The number of carbonyl (C=O) groups excluding carboxylic acids is 1. The number of halogens is 6. The van der Waals surface area contributed by atoms with Gasteiger partial charge >= 0.3 is 6.18 Å². The summed E-state index contributed by atoms with van der Waals surface area (Å²) in [6.45, 7) is 0.247. The molecule has 188 valence electrons. The first kappa shape index (κ1) is 24.7. The monoisotopic (exact) mass is 548 g/mol. The van der Waals surface area contributed by atoms with Crippen LogP contribution >= 0.6 is 23.2 Å². The van der Waals surface area contributed by atoms with Crippen molar-refractivity contribution in [2.24, 2.45) is 0 Å². The Morgan fingerprint density at radius 3 is 2.35 bits per heavy atom. The summed E-state index contributed by atoms with van der Waals surface area (Å²) in [5.74, 6) is -1.23. The van der Waals surface area contributed by atoms with Gasteiger partial charge in [-0.2, -0.15) is 23.4 Å². The van der Waals surface area contributed by atoms with E-state index in [1.807, 2.05) is 0 Å². The van der Waals surface area contributed by atoms with Crippen LogP contribution in [0.15, 0.2) is 66.9 Å². The number of hydrogen-bond donors (Lipinski definition) is 1. The molecule has 0 spiro atoms. The molecule has 0 saturated carbocycles. The van der Waals surface area contributed by atoms with Crippen molar-refractivity contribution < 1.29 is 22.4 Å². The van der Waals surface area contributed by atoms with Crippen molar-refractivity contribution >= 4 is 40.6 Å². The second-order valence-electron chi connectivity index (χ2n) is 7.93. The molecule has 7 nitrogen and oxygen atoms in total. The van der Waals surface area contributed by atoms with E-state index < -0.39 is 17.8 Å². The van der Waals surface area contributed by atoms with E-state index in [4.69, 9.17) is 23.2 Å². The van der Waals surface area contributed by atoms with Gasteiger partial charge in [-0.3, -0.25) is 9.48 Å². The fourth-order valence-electron chi connectivity index (χ4n) is 3.57. The van der Waals surface area contributed by atoms with Gasteiger partial charge in [0.25, 0.3) is 5.91 Å². The summed E-state index contributed by atoms with van der Waals surface area (Å²) in [5, 5.41) is 11.0. The highest BCUT2D eigenvalue weighted by Gasteiger charge is 2.35. The van der Waals surface area contributed by atoms with Gasteiger partial charge in [0.2, 0.25) is 0 Å². The van der Waals surface area contributed by atoms with E-state index in [1.54, 1.807) is 12.1 Å². The lowest BCUT2D eigenvalue weighted by Gasteiger charge is -2.11. The number of rotatable bonds is 5. The minimum Gasteiger partial charge on any atom is -0.302 e. The predicted octanol–water partition coefficient (Wildman–Crippen LogP) is 6.36. The summed E-state index contributed by atoms with van der Waals surface area (Å²) in [4.78, 5) is 17.1. The van der Waals surface area contributed by atoms with Crippen LogP contribution in [0.1, 0.15) is 21.7 Å². The second-order valence-corrected chi connectivity index (χ2v) is 8.78. The summed E-state index contributed by atoms with van der Waals surface area (Å²) >= 11 is 12.1. The zero-order valence-corrected chi connectivity index (χ0v) is 20.0. The number of amides is 1. The zero-order valence-electron chi connectivity index (χ0n) is 18.5. The maximum absolute atomic E-state index is 13.8. The minimum atomic E-state index is -4.77. The number of aromatic nitrogens is 5. The van der Waals surface area contributed by atoms with E-state index in [0.29, 0.717) is 15.1 Å². The van der Waals surface area contributed by atoms with Crippen molar-refractivity contribution in [1.29, 1.82) is 0 Å². The number of nitrogens with one attached hydrogen (secondary N) is 1. The summed E-state index contributed by atoms with van der Waals surface area (Å²) in [6.07, 6.45) is -3.32. The number of hydrogen-bond acceptors (Lipinski definition) is 4. The van der Waals surface area contributed by atoms with E-state index in [-0.39, 0.29) is 40.2 Å². The highest BCUT2D eigenvalue weighted by molar-refractivity contribution is 6.33. The lowest BCUT2D eigenvalue weighted by Crippen LogP contribution is -2.16. The Hall–Kier alpha value is -3.96. The van der Waals surface area contributed by atoms with Gasteiger partial charge in [0.05, 0.1) is 12.2 Å². The number of nitrogens with zero attached hydrogens (tertiary/aromatic N) is 5. The SMILES string of the molecule is O=C(Nc1nn(Cc2ccc(F)cc2)cc1Cl)c1cc2nc(-c3ccc(Cl)cc3)cc(C(F)(F)F)n2n1. The van der Waals surface area contributed by atoms with Crippen LogP contribution in [0.25, 0.3) is 16.9 Å². The Morgan fingerprint density at radius 1 is 0.973 bits per heavy atom. The summed E-state index contributed by atoms with van der Waals surface area (Å²) in [5.41, 5.74) is -0.438. The molecule has 5 rings (SSSR count). The molecule has 0 bridgehead atoms. The highest BCUT2D eigenvalue weighted by atomic mass is 35.5. The molecule has 5 aromatic rings. The van der Waals surface area contributed by atoms with Gasteiger partial charge in [-0.15, -0.1) is 0 Å². The van der Waals surface area contributed by atoms with Crippen LogP contribution in [-0.4, -0.2) is 30.3 Å². The quantitative estimate of drug-likeness (QED) is 0.259. The van der Waals surface area contributed by atoms with Crippen LogP contribution in [0.4, 0.5) is 23.4 Å². The lowest BCUT2D eigenvalue weighted by atomic mass is 10.1. The Labute approximate surface area is 216 Å². The Bertz CT molecular complexity index is 1610. The molecule has 0 aliphatic heterocycles. The third kappa shape index (κ3) is 5.27. The molecular weight excluding hydrogens is 535 g/mol. The number of benzene rings is 2. The Balaban J connectivity index is 1.44. The smallest absolute Gasteiger partial charge is 0.302 e. The van der Waals surface area contributed by atoms with Crippen molar-refractivity contribution in [1.82, 2.24) is 24.4 Å². The first-order valence-corrected chi connectivity index (χ1v) is 11.3. The first-order chi connectivity index (χ1) is 17.6. The van der Waals surface area contributed by atoms with Crippen LogP contribution in [-0.2, 0) is 12.7 Å². The number of carbonyl (C=O) groups is 1. The molecule has 3 aromatic heterocycles. The molecule has 0 radical (unpaired) electrons. The number of anilines is 1. The molecule has 0 saturated heterocycles. The lowest BCUT2D eigenvalue weighted by molar-refractivity contribution is -0.142. The predicted molar refractivity (Wildman–Crippen MR) is 129 cm³/mol. The third-order valence-corrected chi connectivity index (χ3v) is 5.83. The van der Waals surface area contributed by atoms with E-state index in [2.05, 4.69) is 20.5 Å². The van der Waals surface area contributed by atoms with Crippen molar-refractivity contribution in [3.63, 3.8) is 0 Å². The molecule has 0 fully saturated rings. The van der Waals surface area contributed by atoms with Gasteiger partial charge in [0, 0.05) is 22.8 Å². The van der Waals surface area contributed by atoms with Crippen molar-refractivity contribution in [3.8, 4) is 11.3 Å². The van der Waals surface area contributed by atoms with Crippen LogP contribution in [0.2, 0.25) is 10.0 Å². The summed E-state index contributed by atoms with van der Waals surface area (Å²) < 4.78 is 56.6. The Kier molecular flexibility index (Phi) is 6.34. The standard InChI is InChI=1S/C24H14Cl2F4N6O/c25-15-5-3-14(4-6-15)18-9-20(24(28,29)30)36-21(31-18)10-19(33-36)23(37)32-22-17(26)12-35(34-22)11-13-1-7-16(27)8-2-13/h1-10,12H,11H2,(H,32,34,37). The van der Waals surface area contributed by atoms with Crippen molar-refractivity contribution in [2.45, 2.75) is 12.7 Å². The third-order valence-electron chi connectivity index (χ3n) is 5.30. The average Bonchev–Trinajstić information content (AvgIpc) is 3.43. The first-order valence-electron chi connectivity index (χ1n) is 10.6. The second kappa shape index (κ2) is 9.49. The largest absolute Gasteiger partial charge is 0.433 e. The Morgan fingerprint density at radius 2 is 1.68 bits per heavy atom. The molecule has 0 atom stereocenters.